The third kappa shape index (κ3) is 6.56. The van der Waals surface area contributed by atoms with Crippen LogP contribution >= 0.6 is 23.1 Å². The maximum absolute atomic E-state index is 13.3. The van der Waals surface area contributed by atoms with E-state index in [0.29, 0.717) is 6.54 Å². The highest BCUT2D eigenvalue weighted by Crippen LogP contribution is 2.26. The third-order valence-corrected chi connectivity index (χ3v) is 8.62. The molecule has 0 saturated carbocycles. The summed E-state index contributed by atoms with van der Waals surface area (Å²) < 4.78 is 40.5. The molecule has 0 aliphatic heterocycles. The molecule has 1 heterocycles. The van der Waals surface area contributed by atoms with Gasteiger partial charge >= 0.3 is 0 Å². The largest absolute Gasteiger partial charge is 0.354 e. The van der Waals surface area contributed by atoms with E-state index in [0.717, 1.165) is 27.8 Å². The molecule has 0 aliphatic carbocycles. The first-order valence-electron chi connectivity index (χ1n) is 9.64. The van der Waals surface area contributed by atoms with Gasteiger partial charge in [-0.3, -0.25) is 9.10 Å². The van der Waals surface area contributed by atoms with Gasteiger partial charge < -0.3 is 5.32 Å². The van der Waals surface area contributed by atoms with E-state index in [1.165, 1.54) is 40.8 Å². The Morgan fingerprint density at radius 2 is 1.81 bits per heavy atom. The van der Waals surface area contributed by atoms with Crippen molar-refractivity contribution < 1.29 is 17.6 Å². The van der Waals surface area contributed by atoms with Crippen molar-refractivity contribution in [2.45, 2.75) is 22.4 Å². The summed E-state index contributed by atoms with van der Waals surface area (Å²) in [7, 11) is -3.93. The van der Waals surface area contributed by atoms with Crippen molar-refractivity contribution in [1.29, 1.82) is 0 Å². The fourth-order valence-electron chi connectivity index (χ4n) is 2.75. The van der Waals surface area contributed by atoms with Crippen LogP contribution in [0.25, 0.3) is 0 Å². The number of carbonyl (C=O) groups is 1. The lowest BCUT2D eigenvalue weighted by molar-refractivity contribution is -0.119. The van der Waals surface area contributed by atoms with E-state index in [1.807, 2.05) is 6.92 Å². The summed E-state index contributed by atoms with van der Waals surface area (Å²) in [5, 5.41) is 4.43. The third-order valence-electron chi connectivity index (χ3n) is 4.37. The zero-order valence-corrected chi connectivity index (χ0v) is 19.4. The van der Waals surface area contributed by atoms with Crippen LogP contribution in [-0.2, 0) is 14.8 Å². The molecule has 0 bridgehead atoms. The number of benzene rings is 2. The molecule has 0 spiro atoms. The first-order valence-corrected chi connectivity index (χ1v) is 12.9. The standard InChI is InChI=1S/C22H23FN2O3S3/c1-17-5-11-20(12-6-17)29-15-3-13-24-21(26)16-25(19-9-7-18(23)8-10-19)31(27,28)22-4-2-14-30-22/h2,4-12,14H,3,13,15-16H2,1H3,(H,24,26). The minimum absolute atomic E-state index is 0.124. The predicted molar refractivity (Wildman–Crippen MR) is 125 cm³/mol. The summed E-state index contributed by atoms with van der Waals surface area (Å²) in [6, 6.07) is 16.4. The molecule has 3 aromatic rings. The summed E-state index contributed by atoms with van der Waals surface area (Å²) >= 11 is 2.77. The van der Waals surface area contributed by atoms with E-state index in [1.54, 1.807) is 23.2 Å². The number of hydrogen-bond donors (Lipinski definition) is 1. The molecular formula is C22H23FN2O3S3. The number of sulfonamides is 1. The molecule has 1 amide bonds. The zero-order chi connectivity index (χ0) is 22.3. The summed E-state index contributed by atoms with van der Waals surface area (Å²) in [5.74, 6) is -0.0593. The van der Waals surface area contributed by atoms with Gasteiger partial charge in [0.05, 0.1) is 5.69 Å². The minimum Gasteiger partial charge on any atom is -0.354 e. The normalized spacial score (nSPS) is 11.3. The first kappa shape index (κ1) is 23.3. The Morgan fingerprint density at radius 1 is 1.10 bits per heavy atom. The molecule has 0 fully saturated rings. The van der Waals surface area contributed by atoms with Gasteiger partial charge in [-0.25, -0.2) is 12.8 Å². The number of nitrogens with zero attached hydrogens (tertiary/aromatic N) is 1. The van der Waals surface area contributed by atoms with E-state index >= 15 is 0 Å². The number of nitrogens with one attached hydrogen (secondary N) is 1. The van der Waals surface area contributed by atoms with Crippen LogP contribution in [0.4, 0.5) is 10.1 Å². The van der Waals surface area contributed by atoms with Gasteiger partial charge in [-0.2, -0.15) is 0 Å². The number of thioether (sulfide) groups is 1. The number of hydrogen-bond acceptors (Lipinski definition) is 5. The molecule has 31 heavy (non-hydrogen) atoms. The maximum atomic E-state index is 13.3. The molecule has 9 heteroatoms. The van der Waals surface area contributed by atoms with Crippen molar-refractivity contribution in [3.05, 3.63) is 77.4 Å². The molecule has 0 saturated heterocycles. The number of anilines is 1. The fraction of sp³-hybridized carbons (Fsp3) is 0.227. The SMILES string of the molecule is Cc1ccc(SCCCNC(=O)CN(c2ccc(F)cc2)S(=O)(=O)c2cccs2)cc1. The van der Waals surface area contributed by atoms with E-state index in [9.17, 15) is 17.6 Å². The van der Waals surface area contributed by atoms with Crippen LogP contribution in [-0.4, -0.2) is 33.2 Å². The molecule has 1 N–H and O–H groups in total. The molecule has 3 rings (SSSR count). The van der Waals surface area contributed by atoms with Crippen LogP contribution < -0.4 is 9.62 Å². The molecule has 5 nitrogen and oxygen atoms in total. The molecule has 0 atom stereocenters. The van der Waals surface area contributed by atoms with Crippen LogP contribution in [0, 0.1) is 12.7 Å². The Kier molecular flexibility index (Phi) is 8.11. The number of halogens is 1. The van der Waals surface area contributed by atoms with Gasteiger partial charge in [0.1, 0.15) is 16.6 Å². The molecule has 0 unspecified atom stereocenters. The number of rotatable bonds is 10. The topological polar surface area (TPSA) is 66.5 Å². The van der Waals surface area contributed by atoms with E-state index < -0.39 is 21.7 Å². The average Bonchev–Trinajstić information content (AvgIpc) is 3.30. The van der Waals surface area contributed by atoms with Gasteiger partial charge in [-0.05, 0) is 66.9 Å². The molecule has 164 valence electrons. The lowest BCUT2D eigenvalue weighted by Crippen LogP contribution is -2.41. The summed E-state index contributed by atoms with van der Waals surface area (Å²) in [5.41, 5.74) is 1.44. The quantitative estimate of drug-likeness (QED) is 0.339. The van der Waals surface area contributed by atoms with Gasteiger partial charge in [-0.15, -0.1) is 23.1 Å². The predicted octanol–water partition coefficient (Wildman–Crippen LogP) is 4.69. The minimum atomic E-state index is -3.93. The van der Waals surface area contributed by atoms with Crippen LogP contribution in [0.5, 0.6) is 0 Å². The number of amides is 1. The second-order valence-corrected chi connectivity index (χ2v) is 11.0. The molecule has 0 aliphatic rings. The summed E-state index contributed by atoms with van der Waals surface area (Å²) in [4.78, 5) is 13.7. The van der Waals surface area contributed by atoms with Gasteiger partial charge in [0.25, 0.3) is 10.0 Å². The highest BCUT2D eigenvalue weighted by molar-refractivity contribution is 7.99. The van der Waals surface area contributed by atoms with Crippen molar-refractivity contribution in [3.63, 3.8) is 0 Å². The van der Waals surface area contributed by atoms with Crippen LogP contribution in [0.15, 0.2) is 75.1 Å². The Balaban J connectivity index is 1.58. The number of carbonyl (C=O) groups excluding carboxylic acids is 1. The second kappa shape index (κ2) is 10.8. The van der Waals surface area contributed by atoms with Gasteiger partial charge in [-0.1, -0.05) is 23.8 Å². The van der Waals surface area contributed by atoms with Gasteiger partial charge in [0, 0.05) is 11.4 Å². The Morgan fingerprint density at radius 3 is 2.45 bits per heavy atom. The van der Waals surface area contributed by atoms with Crippen LogP contribution in [0.1, 0.15) is 12.0 Å². The zero-order valence-electron chi connectivity index (χ0n) is 17.0. The average molecular weight is 479 g/mol. The lowest BCUT2D eigenvalue weighted by Gasteiger charge is -2.23. The van der Waals surface area contributed by atoms with E-state index in [2.05, 4.69) is 29.6 Å². The van der Waals surface area contributed by atoms with Crippen molar-refractivity contribution >= 4 is 44.7 Å². The lowest BCUT2D eigenvalue weighted by atomic mass is 10.2. The van der Waals surface area contributed by atoms with Crippen LogP contribution in [0.3, 0.4) is 0 Å². The molecular weight excluding hydrogens is 455 g/mol. The van der Waals surface area contributed by atoms with Gasteiger partial charge in [0.2, 0.25) is 5.91 Å². The number of thiophene rings is 1. The smallest absolute Gasteiger partial charge is 0.274 e. The van der Waals surface area contributed by atoms with Crippen molar-refractivity contribution in [2.75, 3.05) is 23.1 Å². The van der Waals surface area contributed by atoms with Gasteiger partial charge in [0.15, 0.2) is 0 Å². The second-order valence-electron chi connectivity index (χ2n) is 6.79. The van der Waals surface area contributed by atoms with Crippen LogP contribution in [0.2, 0.25) is 0 Å². The monoisotopic (exact) mass is 478 g/mol. The van der Waals surface area contributed by atoms with E-state index in [4.69, 9.17) is 0 Å². The first-order chi connectivity index (χ1) is 14.9. The summed E-state index contributed by atoms with van der Waals surface area (Å²) in [6.07, 6.45) is 0.749. The number of aryl methyl sites for hydroxylation is 1. The van der Waals surface area contributed by atoms with Crippen molar-refractivity contribution in [2.24, 2.45) is 0 Å². The maximum Gasteiger partial charge on any atom is 0.274 e. The fourth-order valence-corrected chi connectivity index (χ4v) is 6.13. The molecule has 1 aromatic heterocycles. The molecule has 0 radical (unpaired) electrons. The van der Waals surface area contributed by atoms with E-state index in [-0.39, 0.29) is 16.4 Å². The molecule has 2 aromatic carbocycles. The Bertz CT molecular complexity index is 1080. The Hall–Kier alpha value is -2.36. The van der Waals surface area contributed by atoms with Crippen molar-refractivity contribution in [1.82, 2.24) is 5.32 Å². The summed E-state index contributed by atoms with van der Waals surface area (Å²) in [6.45, 7) is 2.10. The highest BCUT2D eigenvalue weighted by Gasteiger charge is 2.28. The highest BCUT2D eigenvalue weighted by atomic mass is 32.2. The van der Waals surface area contributed by atoms with Crippen molar-refractivity contribution in [3.8, 4) is 0 Å². The Labute approximate surface area is 190 Å².